The minimum atomic E-state index is -0.519. The molecule has 0 bridgehead atoms. The molecule has 8 heteroatoms. The third-order valence-electron chi connectivity index (χ3n) is 2.78. The van der Waals surface area contributed by atoms with Gasteiger partial charge in [0.15, 0.2) is 0 Å². The van der Waals surface area contributed by atoms with Gasteiger partial charge >= 0.3 is 0 Å². The van der Waals surface area contributed by atoms with Gasteiger partial charge in [-0.1, -0.05) is 5.21 Å². The summed E-state index contributed by atoms with van der Waals surface area (Å²) in [5.74, 6) is 0.362. The van der Waals surface area contributed by atoms with Crippen LogP contribution in [0.4, 0.5) is 10.1 Å². The molecule has 0 amide bonds. The average molecular weight is 303 g/mol. The monoisotopic (exact) mass is 303 g/mol. The molecule has 1 atom stereocenters. The molecule has 1 aromatic carbocycles. The molecule has 6 nitrogen and oxygen atoms in total. The van der Waals surface area contributed by atoms with Crippen molar-refractivity contribution in [3.05, 3.63) is 48.5 Å². The van der Waals surface area contributed by atoms with E-state index < -0.39 is 5.82 Å². The molecule has 0 fully saturated rings. The predicted octanol–water partition coefficient (Wildman–Crippen LogP) is 2.49. The molecule has 0 aliphatic rings. The Hall–Kier alpha value is -2.53. The van der Waals surface area contributed by atoms with Crippen LogP contribution in [0.5, 0.6) is 11.5 Å². The van der Waals surface area contributed by atoms with Crippen LogP contribution in [0, 0.1) is 5.82 Å². The molecule has 0 spiro atoms. The van der Waals surface area contributed by atoms with E-state index in [9.17, 15) is 4.39 Å². The van der Waals surface area contributed by atoms with Gasteiger partial charge in [0.1, 0.15) is 23.0 Å². The maximum Gasteiger partial charge on any atom is 0.149 e. The maximum absolute atomic E-state index is 13.4. The van der Waals surface area contributed by atoms with Crippen molar-refractivity contribution in [2.75, 3.05) is 5.73 Å². The second-order valence-corrected chi connectivity index (χ2v) is 4.72. The van der Waals surface area contributed by atoms with Crippen LogP contribution >= 0.6 is 9.39 Å². The van der Waals surface area contributed by atoms with E-state index in [2.05, 4.69) is 24.7 Å². The van der Waals surface area contributed by atoms with Crippen molar-refractivity contribution in [2.45, 2.75) is 0 Å². The summed E-state index contributed by atoms with van der Waals surface area (Å²) >= 11 is 0. The van der Waals surface area contributed by atoms with Gasteiger partial charge in [-0.25, -0.2) is 8.84 Å². The number of anilines is 1. The molecule has 21 heavy (non-hydrogen) atoms. The number of halogens is 1. The lowest BCUT2D eigenvalue weighted by molar-refractivity contribution is 0.477. The summed E-state index contributed by atoms with van der Waals surface area (Å²) in [7, 11) is 2.41. The van der Waals surface area contributed by atoms with Crippen molar-refractivity contribution in [3.8, 4) is 22.9 Å². The minimum Gasteiger partial charge on any atom is -0.457 e. The van der Waals surface area contributed by atoms with Gasteiger partial charge in [-0.15, -0.1) is 5.10 Å². The number of rotatable bonds is 3. The third-order valence-corrected chi connectivity index (χ3v) is 3.16. The predicted molar refractivity (Wildman–Crippen MR) is 79.2 cm³/mol. The van der Waals surface area contributed by atoms with E-state index in [1.54, 1.807) is 30.6 Å². The molecule has 0 saturated carbocycles. The number of pyridine rings is 1. The van der Waals surface area contributed by atoms with Crippen LogP contribution in [0.1, 0.15) is 0 Å². The Morgan fingerprint density at radius 1 is 1.19 bits per heavy atom. The van der Waals surface area contributed by atoms with Gasteiger partial charge < -0.3 is 10.5 Å². The number of ether oxygens (including phenoxy) is 1. The van der Waals surface area contributed by atoms with Gasteiger partial charge in [0.05, 0.1) is 17.6 Å². The number of hydrogen-bond acceptors (Lipinski definition) is 5. The van der Waals surface area contributed by atoms with E-state index in [0.29, 0.717) is 22.9 Å². The average Bonchev–Trinajstić information content (AvgIpc) is 2.89. The van der Waals surface area contributed by atoms with Crippen molar-refractivity contribution < 1.29 is 9.13 Å². The lowest BCUT2D eigenvalue weighted by Crippen LogP contribution is -1.93. The number of aromatic nitrogens is 4. The van der Waals surface area contributed by atoms with E-state index in [1.165, 1.54) is 16.6 Å². The van der Waals surface area contributed by atoms with E-state index in [0.717, 1.165) is 0 Å². The number of nitrogens with zero attached hydrogens (tertiary/aromatic N) is 4. The fourth-order valence-corrected chi connectivity index (χ4v) is 2.01. The first-order chi connectivity index (χ1) is 10.1. The number of hydrogen-bond donors (Lipinski definition) is 1. The lowest BCUT2D eigenvalue weighted by Gasteiger charge is -2.08. The first kappa shape index (κ1) is 13.5. The molecule has 3 aromatic rings. The SMILES string of the molecule is Nc1ccc(Oc2ccnc(-c3cnnn3P)c2)cc1F. The van der Waals surface area contributed by atoms with Crippen molar-refractivity contribution >= 4 is 15.1 Å². The molecule has 2 aromatic heterocycles. The second kappa shape index (κ2) is 5.46. The molecule has 0 radical (unpaired) electrons. The summed E-state index contributed by atoms with van der Waals surface area (Å²) in [4.78, 5) is 4.23. The Morgan fingerprint density at radius 2 is 2.00 bits per heavy atom. The fourth-order valence-electron chi connectivity index (χ4n) is 1.75. The normalized spacial score (nSPS) is 10.6. The molecule has 2 heterocycles. The summed E-state index contributed by atoms with van der Waals surface area (Å²) in [5.41, 5.74) is 6.87. The highest BCUT2D eigenvalue weighted by Crippen LogP contribution is 2.27. The first-order valence-corrected chi connectivity index (χ1v) is 6.50. The summed E-state index contributed by atoms with van der Waals surface area (Å²) in [6.07, 6.45) is 3.18. The lowest BCUT2D eigenvalue weighted by atomic mass is 10.2. The van der Waals surface area contributed by atoms with Crippen LogP contribution in [-0.4, -0.2) is 19.7 Å². The van der Waals surface area contributed by atoms with Gasteiger partial charge in [-0.2, -0.15) is 0 Å². The van der Waals surface area contributed by atoms with Crippen LogP contribution < -0.4 is 10.5 Å². The molecule has 0 saturated heterocycles. The molecule has 2 N–H and O–H groups in total. The van der Waals surface area contributed by atoms with Crippen LogP contribution in [0.15, 0.2) is 42.7 Å². The Morgan fingerprint density at radius 3 is 2.71 bits per heavy atom. The zero-order valence-electron chi connectivity index (χ0n) is 10.8. The Balaban J connectivity index is 1.90. The Kier molecular flexibility index (Phi) is 3.50. The quantitative estimate of drug-likeness (QED) is 0.594. The standard InChI is InChI=1S/C13H11FN5OP/c14-10-5-8(1-2-11(10)15)20-9-3-4-16-12(6-9)13-7-17-18-19(13)21/h1-7H,15,21H2. The van der Waals surface area contributed by atoms with Gasteiger partial charge in [-0.3, -0.25) is 4.98 Å². The zero-order valence-corrected chi connectivity index (χ0v) is 11.9. The van der Waals surface area contributed by atoms with Crippen LogP contribution in [0.3, 0.4) is 0 Å². The van der Waals surface area contributed by atoms with Crippen molar-refractivity contribution in [2.24, 2.45) is 0 Å². The van der Waals surface area contributed by atoms with Gasteiger partial charge in [-0.05, 0) is 27.6 Å². The van der Waals surface area contributed by atoms with Gasteiger partial charge in [0.25, 0.3) is 0 Å². The summed E-state index contributed by atoms with van der Waals surface area (Å²) in [6, 6.07) is 7.67. The molecule has 0 aliphatic carbocycles. The van der Waals surface area contributed by atoms with E-state index in [-0.39, 0.29) is 5.69 Å². The minimum absolute atomic E-state index is 0.0794. The van der Waals surface area contributed by atoms with Gasteiger partial charge in [0.2, 0.25) is 0 Å². The largest absolute Gasteiger partial charge is 0.457 e. The van der Waals surface area contributed by atoms with Crippen molar-refractivity contribution in [1.29, 1.82) is 0 Å². The highest BCUT2D eigenvalue weighted by Gasteiger charge is 2.08. The molecular formula is C13H11FN5OP. The molecule has 1 unspecified atom stereocenters. The molecule has 0 aliphatic heterocycles. The molecule has 3 rings (SSSR count). The fraction of sp³-hybridized carbons (Fsp3) is 0. The number of nitrogen functional groups attached to an aromatic ring is 1. The molecule has 106 valence electrons. The Labute approximate surface area is 122 Å². The van der Waals surface area contributed by atoms with Crippen molar-refractivity contribution in [3.63, 3.8) is 0 Å². The summed E-state index contributed by atoms with van der Waals surface area (Å²) in [6.45, 7) is 0. The van der Waals surface area contributed by atoms with E-state index in [4.69, 9.17) is 10.5 Å². The second-order valence-electron chi connectivity index (χ2n) is 4.23. The number of nitrogens with two attached hydrogens (primary N) is 1. The first-order valence-electron chi connectivity index (χ1n) is 5.98. The maximum atomic E-state index is 13.4. The van der Waals surface area contributed by atoms with E-state index >= 15 is 0 Å². The third kappa shape index (κ3) is 2.83. The van der Waals surface area contributed by atoms with Gasteiger partial charge in [0, 0.05) is 18.3 Å². The smallest absolute Gasteiger partial charge is 0.149 e. The van der Waals surface area contributed by atoms with Crippen LogP contribution in [0.2, 0.25) is 0 Å². The highest BCUT2D eigenvalue weighted by molar-refractivity contribution is 7.14. The van der Waals surface area contributed by atoms with E-state index in [1.807, 2.05) is 0 Å². The van der Waals surface area contributed by atoms with Crippen LogP contribution in [-0.2, 0) is 0 Å². The summed E-state index contributed by atoms with van der Waals surface area (Å²) in [5, 5.41) is 7.59. The number of benzene rings is 1. The topological polar surface area (TPSA) is 78.8 Å². The van der Waals surface area contributed by atoms with Crippen molar-refractivity contribution in [1.82, 2.24) is 19.7 Å². The molecular weight excluding hydrogens is 292 g/mol. The highest BCUT2D eigenvalue weighted by atomic mass is 31.0. The Bertz CT molecular complexity index is 792. The zero-order chi connectivity index (χ0) is 14.8. The summed E-state index contributed by atoms with van der Waals surface area (Å²) < 4.78 is 20.5. The van der Waals surface area contributed by atoms with Crippen LogP contribution in [0.25, 0.3) is 11.4 Å².